The highest BCUT2D eigenvalue weighted by Gasteiger charge is 2.23. The quantitative estimate of drug-likeness (QED) is 0.788. The van der Waals surface area contributed by atoms with E-state index in [0.717, 1.165) is 43.7 Å². The monoisotopic (exact) mass is 264 g/mol. The summed E-state index contributed by atoms with van der Waals surface area (Å²) in [5.41, 5.74) is 2.10. The first-order chi connectivity index (χ1) is 9.24. The van der Waals surface area contributed by atoms with Crippen LogP contribution in [0, 0.1) is 5.82 Å². The maximum Gasteiger partial charge on any atom is 0.125 e. The van der Waals surface area contributed by atoms with Gasteiger partial charge in [-0.3, -0.25) is 0 Å². The van der Waals surface area contributed by atoms with E-state index in [2.05, 4.69) is 30.1 Å². The first-order valence-electron chi connectivity index (χ1n) is 7.51. The number of nitrogens with one attached hydrogen (secondary N) is 1. The van der Waals surface area contributed by atoms with Gasteiger partial charge in [-0.2, -0.15) is 0 Å². The lowest BCUT2D eigenvalue weighted by atomic mass is 10.1. The van der Waals surface area contributed by atoms with Gasteiger partial charge < -0.3 is 10.2 Å². The number of rotatable bonds is 6. The molecule has 0 aromatic heterocycles. The summed E-state index contributed by atoms with van der Waals surface area (Å²) in [4.78, 5) is 2.37. The standard InChI is InChI=1S/C16H25FN2/c1-3-7-18-12-13-9-14(17)11-16(10-13)19-8-5-6-15(19)4-2/h9-11,15,18H,3-8,12H2,1-2H3. The summed E-state index contributed by atoms with van der Waals surface area (Å²) in [5.74, 6) is -0.118. The molecule has 0 aliphatic carbocycles. The number of nitrogens with zero attached hydrogens (tertiary/aromatic N) is 1. The molecule has 0 radical (unpaired) electrons. The summed E-state index contributed by atoms with van der Waals surface area (Å²) < 4.78 is 13.8. The molecule has 3 heteroatoms. The zero-order valence-electron chi connectivity index (χ0n) is 12.1. The van der Waals surface area contributed by atoms with Crippen LogP contribution in [0.5, 0.6) is 0 Å². The Morgan fingerprint density at radius 2 is 2.16 bits per heavy atom. The molecular weight excluding hydrogens is 239 g/mol. The van der Waals surface area contributed by atoms with Crippen LogP contribution in [-0.4, -0.2) is 19.1 Å². The average molecular weight is 264 g/mol. The predicted octanol–water partition coefficient (Wildman–Crippen LogP) is 3.70. The second-order valence-corrected chi connectivity index (χ2v) is 5.39. The molecule has 1 atom stereocenters. The van der Waals surface area contributed by atoms with Crippen LogP contribution in [0.15, 0.2) is 18.2 Å². The third-order valence-electron chi connectivity index (χ3n) is 3.88. The van der Waals surface area contributed by atoms with E-state index in [4.69, 9.17) is 0 Å². The van der Waals surface area contributed by atoms with Gasteiger partial charge in [-0.15, -0.1) is 0 Å². The number of benzene rings is 1. The second kappa shape index (κ2) is 6.90. The molecule has 1 saturated heterocycles. The number of halogens is 1. The van der Waals surface area contributed by atoms with Crippen molar-refractivity contribution in [3.05, 3.63) is 29.6 Å². The van der Waals surface area contributed by atoms with Gasteiger partial charge in [0.25, 0.3) is 0 Å². The van der Waals surface area contributed by atoms with E-state index in [1.165, 1.54) is 12.8 Å². The van der Waals surface area contributed by atoms with Crippen molar-refractivity contribution in [3.63, 3.8) is 0 Å². The Labute approximate surface area is 116 Å². The minimum absolute atomic E-state index is 0.118. The molecule has 1 N–H and O–H groups in total. The van der Waals surface area contributed by atoms with Gasteiger partial charge in [0.1, 0.15) is 5.82 Å². The molecule has 2 rings (SSSR count). The Hall–Kier alpha value is -1.09. The highest BCUT2D eigenvalue weighted by Crippen LogP contribution is 2.28. The van der Waals surface area contributed by atoms with Crippen molar-refractivity contribution >= 4 is 5.69 Å². The first-order valence-corrected chi connectivity index (χ1v) is 7.51. The summed E-state index contributed by atoms with van der Waals surface area (Å²) in [7, 11) is 0. The van der Waals surface area contributed by atoms with E-state index in [-0.39, 0.29) is 5.82 Å². The van der Waals surface area contributed by atoms with E-state index in [1.807, 2.05) is 0 Å². The third kappa shape index (κ3) is 3.69. The van der Waals surface area contributed by atoms with Crippen LogP contribution in [-0.2, 0) is 6.54 Å². The summed E-state index contributed by atoms with van der Waals surface area (Å²) in [6, 6.07) is 6.04. The van der Waals surface area contributed by atoms with Crippen LogP contribution in [0.1, 0.15) is 45.1 Å². The summed E-state index contributed by atoms with van der Waals surface area (Å²) in [6.45, 7) is 7.15. The van der Waals surface area contributed by atoms with Crippen LogP contribution in [0.4, 0.5) is 10.1 Å². The van der Waals surface area contributed by atoms with Crippen molar-refractivity contribution in [1.82, 2.24) is 5.32 Å². The second-order valence-electron chi connectivity index (χ2n) is 5.39. The van der Waals surface area contributed by atoms with Gasteiger partial charge in [-0.1, -0.05) is 13.8 Å². The Morgan fingerprint density at radius 3 is 2.89 bits per heavy atom. The Balaban J connectivity index is 2.11. The van der Waals surface area contributed by atoms with E-state index in [0.29, 0.717) is 6.04 Å². The number of hydrogen-bond donors (Lipinski definition) is 1. The van der Waals surface area contributed by atoms with Crippen LogP contribution in [0.25, 0.3) is 0 Å². The maximum absolute atomic E-state index is 13.8. The van der Waals surface area contributed by atoms with E-state index in [9.17, 15) is 4.39 Å². The summed E-state index contributed by atoms with van der Waals surface area (Å²) in [6.07, 6.45) is 4.70. The Morgan fingerprint density at radius 1 is 1.32 bits per heavy atom. The zero-order chi connectivity index (χ0) is 13.7. The minimum Gasteiger partial charge on any atom is -0.368 e. The molecular formula is C16H25FN2. The molecule has 1 aromatic rings. The van der Waals surface area contributed by atoms with Gasteiger partial charge in [0, 0.05) is 24.8 Å². The summed E-state index contributed by atoms with van der Waals surface area (Å²) >= 11 is 0. The molecule has 1 aliphatic rings. The van der Waals surface area contributed by atoms with Crippen molar-refractivity contribution in [2.24, 2.45) is 0 Å². The smallest absolute Gasteiger partial charge is 0.125 e. The molecule has 2 nitrogen and oxygen atoms in total. The first kappa shape index (κ1) is 14.3. The van der Waals surface area contributed by atoms with Crippen LogP contribution < -0.4 is 10.2 Å². The number of anilines is 1. The fourth-order valence-corrected chi connectivity index (χ4v) is 2.91. The van der Waals surface area contributed by atoms with Gasteiger partial charge >= 0.3 is 0 Å². The zero-order valence-corrected chi connectivity index (χ0v) is 12.1. The van der Waals surface area contributed by atoms with Crippen LogP contribution in [0.3, 0.4) is 0 Å². The largest absolute Gasteiger partial charge is 0.368 e. The highest BCUT2D eigenvalue weighted by atomic mass is 19.1. The SMILES string of the molecule is CCCNCc1cc(F)cc(N2CCCC2CC)c1. The minimum atomic E-state index is -0.118. The molecule has 1 aromatic carbocycles. The molecule has 0 bridgehead atoms. The van der Waals surface area contributed by atoms with Crippen LogP contribution in [0.2, 0.25) is 0 Å². The number of hydrogen-bond acceptors (Lipinski definition) is 2. The van der Waals surface area contributed by atoms with E-state index in [1.54, 1.807) is 12.1 Å². The van der Waals surface area contributed by atoms with Crippen LogP contribution >= 0.6 is 0 Å². The Kier molecular flexibility index (Phi) is 5.20. The van der Waals surface area contributed by atoms with Crippen molar-refractivity contribution in [2.75, 3.05) is 18.0 Å². The van der Waals surface area contributed by atoms with Gasteiger partial charge in [0.15, 0.2) is 0 Å². The fraction of sp³-hybridized carbons (Fsp3) is 0.625. The summed E-state index contributed by atoms with van der Waals surface area (Å²) in [5, 5.41) is 3.34. The molecule has 1 aliphatic heterocycles. The van der Waals surface area contributed by atoms with Gasteiger partial charge in [0.05, 0.1) is 0 Å². The Bertz CT molecular complexity index is 406. The van der Waals surface area contributed by atoms with E-state index >= 15 is 0 Å². The highest BCUT2D eigenvalue weighted by molar-refractivity contribution is 5.51. The van der Waals surface area contributed by atoms with Gasteiger partial charge in [-0.05, 0) is 56.0 Å². The van der Waals surface area contributed by atoms with Crippen molar-refractivity contribution in [1.29, 1.82) is 0 Å². The lowest BCUT2D eigenvalue weighted by Crippen LogP contribution is -2.28. The van der Waals surface area contributed by atoms with Gasteiger partial charge in [-0.25, -0.2) is 4.39 Å². The maximum atomic E-state index is 13.8. The normalized spacial score (nSPS) is 19.1. The van der Waals surface area contributed by atoms with Crippen molar-refractivity contribution in [3.8, 4) is 0 Å². The van der Waals surface area contributed by atoms with Crippen molar-refractivity contribution in [2.45, 2.75) is 52.1 Å². The molecule has 106 valence electrons. The lowest BCUT2D eigenvalue weighted by molar-refractivity contribution is 0.612. The molecule has 1 heterocycles. The average Bonchev–Trinajstić information content (AvgIpc) is 2.86. The fourth-order valence-electron chi connectivity index (χ4n) is 2.91. The van der Waals surface area contributed by atoms with Gasteiger partial charge in [0.2, 0.25) is 0 Å². The molecule has 19 heavy (non-hydrogen) atoms. The van der Waals surface area contributed by atoms with E-state index < -0.39 is 0 Å². The third-order valence-corrected chi connectivity index (χ3v) is 3.88. The molecule has 1 unspecified atom stereocenters. The molecule has 0 saturated carbocycles. The predicted molar refractivity (Wildman–Crippen MR) is 79.1 cm³/mol. The molecule has 0 amide bonds. The molecule has 1 fully saturated rings. The lowest BCUT2D eigenvalue weighted by Gasteiger charge is -2.26. The van der Waals surface area contributed by atoms with Crippen molar-refractivity contribution < 1.29 is 4.39 Å². The topological polar surface area (TPSA) is 15.3 Å². The molecule has 0 spiro atoms.